The van der Waals surface area contributed by atoms with Crippen molar-refractivity contribution in [1.82, 2.24) is 0 Å². The van der Waals surface area contributed by atoms with E-state index in [4.69, 9.17) is 30.8 Å². The number of benzene rings is 1. The molecule has 0 fully saturated rings. The Bertz CT molecular complexity index is 656. The van der Waals surface area contributed by atoms with E-state index in [1.807, 2.05) is 0 Å². The van der Waals surface area contributed by atoms with E-state index in [-0.39, 0.29) is 22.2 Å². The van der Waals surface area contributed by atoms with E-state index in [0.29, 0.717) is 0 Å². The van der Waals surface area contributed by atoms with Crippen molar-refractivity contribution in [2.45, 2.75) is 31.3 Å². The van der Waals surface area contributed by atoms with Crippen molar-refractivity contribution in [3.8, 4) is 0 Å². The van der Waals surface area contributed by atoms with Gasteiger partial charge in [-0.25, -0.2) is 0 Å². The summed E-state index contributed by atoms with van der Waals surface area (Å²) >= 11 is -4.92. The summed E-state index contributed by atoms with van der Waals surface area (Å²) in [7, 11) is 0. The smallest absolute Gasteiger partial charge is 0.151 e. The van der Waals surface area contributed by atoms with Crippen molar-refractivity contribution >= 4 is 36.4 Å². The van der Waals surface area contributed by atoms with Gasteiger partial charge in [-0.15, -0.1) is 0 Å². The number of aliphatic hydroxyl groups is 5. The fourth-order valence-electron chi connectivity index (χ4n) is 1.68. The molecule has 1 aromatic carbocycles. The Hall–Kier alpha value is -1.60. The molecule has 0 spiro atoms. The van der Waals surface area contributed by atoms with Gasteiger partial charge in [0.25, 0.3) is 0 Å². The number of rotatable bonds is 8. The third kappa shape index (κ3) is 8.30. The van der Waals surface area contributed by atoms with Crippen molar-refractivity contribution in [2.24, 2.45) is 0 Å². The maximum Gasteiger partial charge on any atom is 0.151 e. The van der Waals surface area contributed by atoms with Gasteiger partial charge in [-0.1, -0.05) is 0 Å². The number of carbonyl (C=O) groups excluding carboxylic acids is 2. The van der Waals surface area contributed by atoms with Crippen molar-refractivity contribution in [3.05, 3.63) is 24.3 Å². The molecule has 154 valence electrons. The largest absolute Gasteiger partial charge is 0.394 e. The molecule has 1 amide bonds. The Morgan fingerprint density at radius 1 is 1.22 bits per heavy atom. The molecule has 5 unspecified atom stereocenters. The number of para-hydroxylation sites is 1. The number of amides is 1. The average molecular weight is 455 g/mol. The van der Waals surface area contributed by atoms with Gasteiger partial charge in [-0.05, 0) is 0 Å². The minimum absolute atomic E-state index is 0.0258. The van der Waals surface area contributed by atoms with Crippen molar-refractivity contribution in [1.29, 1.82) is 0 Å². The van der Waals surface area contributed by atoms with Crippen LogP contribution in [0.3, 0.4) is 0 Å². The molecule has 1 rings (SSSR count). The van der Waals surface area contributed by atoms with E-state index >= 15 is 0 Å². The van der Waals surface area contributed by atoms with Crippen LogP contribution in [-0.2, 0) is 17.2 Å². The van der Waals surface area contributed by atoms with Gasteiger partial charge in [0.05, 0.1) is 6.61 Å². The zero-order valence-electron chi connectivity index (χ0n) is 14.1. The molecule has 13 heteroatoms. The van der Waals surface area contributed by atoms with Crippen molar-refractivity contribution in [2.75, 3.05) is 11.9 Å². The van der Waals surface area contributed by atoms with Gasteiger partial charge in [-0.2, -0.15) is 0 Å². The van der Waals surface area contributed by atoms with Crippen molar-refractivity contribution < 1.29 is 52.1 Å². The summed E-state index contributed by atoms with van der Waals surface area (Å²) in [5.41, 5.74) is 0.157. The third-order valence-electron chi connectivity index (χ3n) is 3.05. The number of nitrogens with one attached hydrogen (secondary N) is 1. The van der Waals surface area contributed by atoms with E-state index in [1.165, 1.54) is 25.1 Å². The second kappa shape index (κ2) is 12.0. The van der Waals surface area contributed by atoms with Crippen LogP contribution in [-0.4, -0.2) is 92.3 Å². The second-order valence-electron chi connectivity index (χ2n) is 5.16. The number of anilines is 1. The zero-order chi connectivity index (χ0) is 21.2. The standard InChI is InChI=1S/C8H10AsNO5.C6H12O6/c1-6(11)10-8-5-3-2-4-7(8)9(12,13)15-14;7-1-3(9)5(11)6(12)4(10)2-8/h2-5,14H,1H3,(H,10,11)(H,12,13);1,3-6,8-12H,2H2. The summed E-state index contributed by atoms with van der Waals surface area (Å²) in [6.07, 6.45) is -6.84. The van der Waals surface area contributed by atoms with Crippen LogP contribution in [0.4, 0.5) is 5.69 Å². The van der Waals surface area contributed by atoms with Gasteiger partial charge in [-0.3, -0.25) is 0 Å². The Balaban J connectivity index is 0.000000516. The zero-order valence-corrected chi connectivity index (χ0v) is 16.0. The Morgan fingerprint density at radius 2 is 1.78 bits per heavy atom. The minimum Gasteiger partial charge on any atom is -0.394 e. The summed E-state index contributed by atoms with van der Waals surface area (Å²) < 4.78 is 24.1. The first-order valence-electron chi connectivity index (χ1n) is 7.33. The van der Waals surface area contributed by atoms with E-state index in [1.54, 1.807) is 6.07 Å². The van der Waals surface area contributed by atoms with Gasteiger partial charge >= 0.3 is 88.4 Å². The fraction of sp³-hybridized carbons (Fsp3) is 0.429. The van der Waals surface area contributed by atoms with Crippen LogP contribution in [0.15, 0.2) is 24.3 Å². The Labute approximate surface area is 156 Å². The molecular formula is C14H22AsNO11. The van der Waals surface area contributed by atoms with E-state index in [2.05, 4.69) is 9.19 Å². The molecule has 1 aromatic rings. The molecule has 0 aromatic heterocycles. The van der Waals surface area contributed by atoms with Crippen molar-refractivity contribution in [3.63, 3.8) is 0 Å². The molecule has 0 bridgehead atoms. The second-order valence-corrected chi connectivity index (χ2v) is 8.70. The molecule has 0 saturated carbocycles. The molecule has 5 atom stereocenters. The molecule has 0 aliphatic carbocycles. The SMILES string of the molecule is CC(=O)Nc1ccccc1[As](=O)(O)OO.O=CC(O)C(O)C(O)C(O)CO. The molecule has 0 heterocycles. The Kier molecular flexibility index (Phi) is 11.3. The van der Waals surface area contributed by atoms with Gasteiger partial charge in [0.1, 0.15) is 24.4 Å². The number of aldehydes is 1. The predicted molar refractivity (Wildman–Crippen MR) is 89.9 cm³/mol. The number of hydrogen-bond acceptors (Lipinski definition) is 10. The van der Waals surface area contributed by atoms with E-state index in [9.17, 15) is 17.4 Å². The molecule has 8 N–H and O–H groups in total. The minimum atomic E-state index is -4.92. The van der Waals surface area contributed by atoms with Gasteiger partial charge in [0.15, 0.2) is 6.29 Å². The van der Waals surface area contributed by atoms with Crippen LogP contribution >= 0.6 is 0 Å². The summed E-state index contributed by atoms with van der Waals surface area (Å²) in [5, 5.41) is 54.2. The fourth-order valence-corrected chi connectivity index (χ4v) is 3.35. The number of carbonyl (C=O) groups is 2. The van der Waals surface area contributed by atoms with Crippen LogP contribution in [0.5, 0.6) is 0 Å². The maximum atomic E-state index is 11.4. The topological polar surface area (TPSA) is 214 Å². The quantitative estimate of drug-likeness (QED) is 0.0827. The molecule has 0 aliphatic rings. The van der Waals surface area contributed by atoms with Crippen LogP contribution in [0.1, 0.15) is 6.92 Å². The molecular weight excluding hydrogens is 433 g/mol. The van der Waals surface area contributed by atoms with Crippen LogP contribution in [0, 0.1) is 0 Å². The van der Waals surface area contributed by atoms with Crippen LogP contribution in [0.2, 0.25) is 0 Å². The normalized spacial score (nSPS) is 17.3. The summed E-state index contributed by atoms with van der Waals surface area (Å²) in [4.78, 5) is 20.7. The number of hydrogen-bond donors (Lipinski definition) is 8. The molecule has 0 radical (unpaired) electrons. The molecule has 27 heavy (non-hydrogen) atoms. The first-order chi connectivity index (χ1) is 12.5. The summed E-state index contributed by atoms with van der Waals surface area (Å²) in [5.74, 6) is -0.379. The van der Waals surface area contributed by atoms with Gasteiger partial charge in [0, 0.05) is 0 Å². The Morgan fingerprint density at radius 3 is 2.22 bits per heavy atom. The first kappa shape index (κ1) is 25.4. The summed E-state index contributed by atoms with van der Waals surface area (Å²) in [6.45, 7) is 0.509. The van der Waals surface area contributed by atoms with E-state index < -0.39 is 45.2 Å². The molecule has 0 saturated heterocycles. The summed E-state index contributed by atoms with van der Waals surface area (Å²) in [6, 6.07) is 5.84. The van der Waals surface area contributed by atoms with Crippen LogP contribution in [0.25, 0.3) is 0 Å². The van der Waals surface area contributed by atoms with Gasteiger partial charge < -0.3 is 30.3 Å². The molecule has 0 aliphatic heterocycles. The monoisotopic (exact) mass is 455 g/mol. The van der Waals surface area contributed by atoms with E-state index in [0.717, 1.165) is 0 Å². The number of aliphatic hydroxyl groups excluding tert-OH is 5. The van der Waals surface area contributed by atoms with Gasteiger partial charge in [0.2, 0.25) is 0 Å². The maximum absolute atomic E-state index is 11.4. The third-order valence-corrected chi connectivity index (χ3v) is 5.61. The van der Waals surface area contributed by atoms with Crippen LogP contribution < -0.4 is 9.67 Å². The first-order valence-corrected chi connectivity index (χ1v) is 10.6. The average Bonchev–Trinajstić information content (AvgIpc) is 2.65. The predicted octanol–water partition coefficient (Wildman–Crippen LogP) is -3.68. The molecule has 12 nitrogen and oxygen atoms in total.